The molecule has 0 fully saturated rings. The topological polar surface area (TPSA) is 87.7 Å². The standard InChI is InChI=1S/C23H34N2O4.2C2H6/c1-6-8-12-23(4)21(24-13-14-29-5)18(22(23)28)25-17-11-9-10-16(20(17)27)19(26)15(3)7-2;2*1-2/h9-11,15,24-25,27H,6-8,12-14H2,1-5H3;2*1-2H3/t15-,23?;;/m1../s1. The van der Waals surface area contributed by atoms with Gasteiger partial charge >= 0.3 is 0 Å². The Labute approximate surface area is 201 Å². The van der Waals surface area contributed by atoms with Gasteiger partial charge in [-0.2, -0.15) is 0 Å². The number of carbonyl (C=O) groups is 2. The molecule has 188 valence electrons. The van der Waals surface area contributed by atoms with Crippen molar-refractivity contribution in [3.05, 3.63) is 35.2 Å². The van der Waals surface area contributed by atoms with Crippen molar-refractivity contribution in [2.45, 2.75) is 81.1 Å². The van der Waals surface area contributed by atoms with Gasteiger partial charge in [-0.05, 0) is 31.9 Å². The highest BCUT2D eigenvalue weighted by molar-refractivity contribution is 6.12. The van der Waals surface area contributed by atoms with E-state index in [-0.39, 0.29) is 28.8 Å². The van der Waals surface area contributed by atoms with Gasteiger partial charge in [-0.3, -0.25) is 9.59 Å². The smallest absolute Gasteiger partial charge is 0.192 e. The Morgan fingerprint density at radius 2 is 1.82 bits per heavy atom. The number of allylic oxidation sites excluding steroid dienone is 2. The number of hydrogen-bond donors (Lipinski definition) is 3. The number of methoxy groups -OCH3 is 1. The van der Waals surface area contributed by atoms with E-state index in [1.807, 2.05) is 48.5 Å². The second-order valence-corrected chi connectivity index (χ2v) is 7.93. The van der Waals surface area contributed by atoms with E-state index >= 15 is 0 Å². The lowest BCUT2D eigenvalue weighted by molar-refractivity contribution is -0.126. The third-order valence-corrected chi connectivity index (χ3v) is 5.79. The molecule has 33 heavy (non-hydrogen) atoms. The van der Waals surface area contributed by atoms with Crippen LogP contribution in [0.5, 0.6) is 5.75 Å². The average Bonchev–Trinajstić information content (AvgIpc) is 2.86. The van der Waals surface area contributed by atoms with Crippen molar-refractivity contribution in [1.82, 2.24) is 5.32 Å². The zero-order valence-corrected chi connectivity index (χ0v) is 22.2. The first-order chi connectivity index (χ1) is 15.8. The molecular formula is C27H46N2O4. The minimum Gasteiger partial charge on any atom is -0.505 e. The lowest BCUT2D eigenvalue weighted by Gasteiger charge is -2.42. The molecule has 3 N–H and O–H groups in total. The number of rotatable bonds is 12. The number of ketones is 2. The normalized spacial score (nSPS) is 17.7. The zero-order chi connectivity index (χ0) is 25.6. The quantitative estimate of drug-likeness (QED) is 0.192. The molecule has 1 unspecified atom stereocenters. The van der Waals surface area contributed by atoms with Crippen molar-refractivity contribution in [2.75, 3.05) is 25.6 Å². The van der Waals surface area contributed by atoms with Gasteiger partial charge in [-0.15, -0.1) is 0 Å². The number of phenolic OH excluding ortho intramolecular Hbond substituents is 1. The summed E-state index contributed by atoms with van der Waals surface area (Å²) in [5.74, 6) is -0.376. The molecule has 0 bridgehead atoms. The van der Waals surface area contributed by atoms with Gasteiger partial charge in [0.05, 0.1) is 29.0 Å². The van der Waals surface area contributed by atoms with E-state index < -0.39 is 5.41 Å². The van der Waals surface area contributed by atoms with Crippen molar-refractivity contribution >= 4 is 17.3 Å². The summed E-state index contributed by atoms with van der Waals surface area (Å²) in [6, 6.07) is 5.02. The summed E-state index contributed by atoms with van der Waals surface area (Å²) in [4.78, 5) is 25.5. The van der Waals surface area contributed by atoms with Crippen molar-refractivity contribution < 1.29 is 19.4 Å². The number of anilines is 1. The molecule has 1 aliphatic carbocycles. The molecule has 0 aromatic heterocycles. The van der Waals surface area contributed by atoms with E-state index in [0.717, 1.165) is 25.0 Å². The molecule has 1 aromatic carbocycles. The van der Waals surface area contributed by atoms with Crippen LogP contribution in [0.15, 0.2) is 29.6 Å². The van der Waals surface area contributed by atoms with Crippen LogP contribution in [0.25, 0.3) is 0 Å². The lowest BCUT2D eigenvalue weighted by Crippen LogP contribution is -2.50. The van der Waals surface area contributed by atoms with E-state index in [1.54, 1.807) is 25.3 Å². The lowest BCUT2D eigenvalue weighted by atomic mass is 9.67. The largest absolute Gasteiger partial charge is 0.505 e. The number of ether oxygens (including phenoxy) is 1. The molecular weight excluding hydrogens is 416 g/mol. The number of para-hydroxylation sites is 1. The molecule has 0 radical (unpaired) electrons. The maximum Gasteiger partial charge on any atom is 0.192 e. The van der Waals surface area contributed by atoms with Gasteiger partial charge in [0.1, 0.15) is 11.4 Å². The van der Waals surface area contributed by atoms with E-state index in [2.05, 4.69) is 17.6 Å². The monoisotopic (exact) mass is 462 g/mol. The summed E-state index contributed by atoms with van der Waals surface area (Å²) in [5, 5.41) is 17.1. The third-order valence-electron chi connectivity index (χ3n) is 5.79. The Morgan fingerprint density at radius 3 is 2.36 bits per heavy atom. The number of Topliss-reactive ketones (excluding diaryl/α,β-unsaturated/α-hetero) is 2. The molecule has 0 heterocycles. The average molecular weight is 463 g/mol. The van der Waals surface area contributed by atoms with Crippen molar-refractivity contribution in [2.24, 2.45) is 11.3 Å². The first-order valence-electron chi connectivity index (χ1n) is 12.5. The van der Waals surface area contributed by atoms with E-state index in [9.17, 15) is 14.7 Å². The van der Waals surface area contributed by atoms with Crippen LogP contribution in [-0.2, 0) is 9.53 Å². The van der Waals surface area contributed by atoms with Crippen LogP contribution in [0.1, 0.15) is 91.4 Å². The van der Waals surface area contributed by atoms with Gasteiger partial charge in [-0.1, -0.05) is 67.4 Å². The zero-order valence-electron chi connectivity index (χ0n) is 22.2. The molecule has 0 spiro atoms. The predicted molar refractivity (Wildman–Crippen MR) is 138 cm³/mol. The van der Waals surface area contributed by atoms with Crippen LogP contribution < -0.4 is 10.6 Å². The molecule has 2 rings (SSSR count). The van der Waals surface area contributed by atoms with Crippen LogP contribution in [-0.4, -0.2) is 36.9 Å². The maximum absolute atomic E-state index is 13.0. The number of nitrogens with one attached hydrogen (secondary N) is 2. The van der Waals surface area contributed by atoms with Gasteiger partial charge in [0.25, 0.3) is 0 Å². The molecule has 1 aromatic rings. The molecule has 0 saturated heterocycles. The predicted octanol–water partition coefficient (Wildman–Crippen LogP) is 6.31. The molecule has 0 aliphatic heterocycles. The van der Waals surface area contributed by atoms with Crippen LogP contribution >= 0.6 is 0 Å². The summed E-state index contributed by atoms with van der Waals surface area (Å²) in [7, 11) is 1.63. The summed E-state index contributed by atoms with van der Waals surface area (Å²) in [5.41, 5.74) is 1.37. The number of phenols is 1. The molecule has 6 nitrogen and oxygen atoms in total. The number of hydrogen-bond acceptors (Lipinski definition) is 6. The van der Waals surface area contributed by atoms with Crippen LogP contribution in [0.3, 0.4) is 0 Å². The van der Waals surface area contributed by atoms with E-state index in [0.29, 0.717) is 31.0 Å². The number of unbranched alkanes of at least 4 members (excludes halogenated alkanes) is 1. The van der Waals surface area contributed by atoms with Crippen molar-refractivity contribution in [3.63, 3.8) is 0 Å². The Morgan fingerprint density at radius 1 is 1.18 bits per heavy atom. The molecule has 1 aliphatic rings. The second kappa shape index (κ2) is 15.5. The number of aromatic hydroxyl groups is 1. The van der Waals surface area contributed by atoms with Gasteiger partial charge in [-0.25, -0.2) is 0 Å². The van der Waals surface area contributed by atoms with Crippen LogP contribution in [0.2, 0.25) is 0 Å². The van der Waals surface area contributed by atoms with Gasteiger partial charge < -0.3 is 20.5 Å². The summed E-state index contributed by atoms with van der Waals surface area (Å²) in [6.07, 6.45) is 3.43. The fraction of sp³-hybridized carbons (Fsp3) is 0.630. The summed E-state index contributed by atoms with van der Waals surface area (Å²) < 4.78 is 5.12. The fourth-order valence-corrected chi connectivity index (χ4v) is 3.59. The van der Waals surface area contributed by atoms with Gasteiger partial charge in [0.15, 0.2) is 11.6 Å². The van der Waals surface area contributed by atoms with Crippen LogP contribution in [0, 0.1) is 11.3 Å². The highest BCUT2D eigenvalue weighted by Gasteiger charge is 2.50. The first kappa shape index (κ1) is 30.7. The van der Waals surface area contributed by atoms with Crippen LogP contribution in [0.4, 0.5) is 5.69 Å². The molecule has 0 amide bonds. The number of benzene rings is 1. The first-order valence-corrected chi connectivity index (χ1v) is 12.5. The molecule has 6 heteroatoms. The second-order valence-electron chi connectivity index (χ2n) is 7.93. The fourth-order valence-electron chi connectivity index (χ4n) is 3.59. The Kier molecular flexibility index (Phi) is 14.4. The van der Waals surface area contributed by atoms with Gasteiger partial charge in [0, 0.05) is 19.6 Å². The third kappa shape index (κ3) is 7.32. The van der Waals surface area contributed by atoms with E-state index in [4.69, 9.17) is 4.74 Å². The Bertz CT molecular complexity index is 788. The highest BCUT2D eigenvalue weighted by atomic mass is 16.5. The molecule has 0 saturated carbocycles. The van der Waals surface area contributed by atoms with Gasteiger partial charge in [0.2, 0.25) is 0 Å². The summed E-state index contributed by atoms with van der Waals surface area (Å²) in [6.45, 7) is 17.0. The number of carbonyl (C=O) groups excluding carboxylic acids is 2. The van der Waals surface area contributed by atoms with E-state index in [1.165, 1.54) is 0 Å². The Hall–Kier alpha value is -2.34. The molecule has 2 atom stereocenters. The SMILES string of the molecule is CC.CC.CCCCC1(C)C(=O)C(Nc2cccc(C(=O)[C@H](C)CC)c2O)=C1NCCOC. The minimum atomic E-state index is -0.564. The summed E-state index contributed by atoms with van der Waals surface area (Å²) >= 11 is 0. The minimum absolute atomic E-state index is 0.0175. The maximum atomic E-state index is 13.0. The highest BCUT2D eigenvalue weighted by Crippen LogP contribution is 2.46. The van der Waals surface area contributed by atoms with Crippen molar-refractivity contribution in [3.8, 4) is 5.75 Å². The Balaban J connectivity index is 0.00000242. The van der Waals surface area contributed by atoms with Crippen molar-refractivity contribution in [1.29, 1.82) is 0 Å².